The lowest BCUT2D eigenvalue weighted by Crippen LogP contribution is -2.40. The quantitative estimate of drug-likeness (QED) is 0.720. The molecule has 0 saturated carbocycles. The van der Waals surface area contributed by atoms with E-state index in [9.17, 15) is 18.0 Å². The normalized spacial score (nSPS) is 27.6. The predicted molar refractivity (Wildman–Crippen MR) is 87.1 cm³/mol. The molecule has 0 aromatic carbocycles. The number of carbonyl (C=O) groups is 2. The Labute approximate surface area is 138 Å². The van der Waals surface area contributed by atoms with Gasteiger partial charge in [-0.2, -0.15) is 4.31 Å². The molecule has 2 rings (SSSR count). The van der Waals surface area contributed by atoms with Gasteiger partial charge in [0, 0.05) is 39.6 Å². The molecule has 2 aliphatic heterocycles. The molecule has 2 saturated heterocycles. The average molecular weight is 345 g/mol. The summed E-state index contributed by atoms with van der Waals surface area (Å²) in [4.78, 5) is 27.2. The number of likely N-dealkylation sites (N-methyl/N-ethyl adjacent to an activating group) is 1. The molecule has 0 N–H and O–H groups in total. The SMILES string of the molecule is CC(C)C(=O)N1CC[C@H]2CN(CC(=O)N(C)C)S(=O)(=O)[C@H]2CC1. The monoisotopic (exact) mass is 345 g/mol. The van der Waals surface area contributed by atoms with Crippen molar-refractivity contribution in [2.45, 2.75) is 31.9 Å². The predicted octanol–water partition coefficient (Wildman–Crippen LogP) is -0.0168. The number of likely N-dealkylation sites (tertiary alicyclic amines) is 1. The third-order valence-electron chi connectivity index (χ3n) is 4.78. The fraction of sp³-hybridized carbons (Fsp3) is 0.867. The molecule has 0 bridgehead atoms. The topological polar surface area (TPSA) is 78.0 Å². The van der Waals surface area contributed by atoms with Gasteiger partial charge in [0.25, 0.3) is 0 Å². The van der Waals surface area contributed by atoms with E-state index in [1.54, 1.807) is 19.0 Å². The van der Waals surface area contributed by atoms with Gasteiger partial charge in [-0.25, -0.2) is 8.42 Å². The van der Waals surface area contributed by atoms with Crippen LogP contribution in [0.1, 0.15) is 26.7 Å². The summed E-state index contributed by atoms with van der Waals surface area (Å²) in [6.07, 6.45) is 1.13. The van der Waals surface area contributed by atoms with Gasteiger partial charge in [0.15, 0.2) is 0 Å². The molecule has 23 heavy (non-hydrogen) atoms. The van der Waals surface area contributed by atoms with E-state index in [-0.39, 0.29) is 30.2 Å². The second-order valence-electron chi connectivity index (χ2n) is 6.98. The highest BCUT2D eigenvalue weighted by Crippen LogP contribution is 2.34. The summed E-state index contributed by atoms with van der Waals surface area (Å²) < 4.78 is 26.7. The first-order chi connectivity index (χ1) is 10.6. The fourth-order valence-electron chi connectivity index (χ4n) is 3.33. The number of nitrogens with zero attached hydrogens (tertiary/aromatic N) is 3. The zero-order valence-electron chi connectivity index (χ0n) is 14.4. The van der Waals surface area contributed by atoms with Gasteiger partial charge >= 0.3 is 0 Å². The van der Waals surface area contributed by atoms with Crippen LogP contribution in [0, 0.1) is 11.8 Å². The van der Waals surface area contributed by atoms with Gasteiger partial charge in [-0.3, -0.25) is 9.59 Å². The van der Waals surface area contributed by atoms with Gasteiger partial charge in [0.1, 0.15) is 0 Å². The van der Waals surface area contributed by atoms with Crippen LogP contribution in [-0.4, -0.2) is 79.9 Å². The van der Waals surface area contributed by atoms with Crippen LogP contribution in [0.4, 0.5) is 0 Å². The van der Waals surface area contributed by atoms with Crippen LogP contribution in [-0.2, 0) is 19.6 Å². The van der Waals surface area contributed by atoms with E-state index < -0.39 is 15.3 Å². The van der Waals surface area contributed by atoms with Crippen molar-refractivity contribution >= 4 is 21.8 Å². The Bertz CT molecular complexity index is 573. The van der Waals surface area contributed by atoms with E-state index >= 15 is 0 Å². The molecular formula is C15H27N3O4S. The van der Waals surface area contributed by atoms with Crippen molar-refractivity contribution in [3.63, 3.8) is 0 Å². The van der Waals surface area contributed by atoms with Gasteiger partial charge in [0.05, 0.1) is 11.8 Å². The smallest absolute Gasteiger partial charge is 0.237 e. The molecule has 2 heterocycles. The van der Waals surface area contributed by atoms with E-state index in [0.29, 0.717) is 32.5 Å². The highest BCUT2D eigenvalue weighted by Gasteiger charge is 2.47. The van der Waals surface area contributed by atoms with Crippen LogP contribution in [0.3, 0.4) is 0 Å². The fourth-order valence-corrected chi connectivity index (χ4v) is 5.51. The van der Waals surface area contributed by atoms with Crippen LogP contribution in [0.15, 0.2) is 0 Å². The summed E-state index contributed by atoms with van der Waals surface area (Å²) >= 11 is 0. The third-order valence-corrected chi connectivity index (χ3v) is 7.16. The Morgan fingerprint density at radius 3 is 2.35 bits per heavy atom. The molecule has 2 aliphatic rings. The molecular weight excluding hydrogens is 318 g/mol. The Kier molecular flexibility index (Phi) is 5.35. The van der Waals surface area contributed by atoms with Gasteiger partial charge in [-0.15, -0.1) is 0 Å². The summed E-state index contributed by atoms with van der Waals surface area (Å²) in [5, 5.41) is -0.470. The summed E-state index contributed by atoms with van der Waals surface area (Å²) in [5.41, 5.74) is 0. The maximum atomic E-state index is 12.7. The number of carbonyl (C=O) groups excluding carboxylic acids is 2. The van der Waals surface area contributed by atoms with E-state index in [1.165, 1.54) is 9.21 Å². The number of hydrogen-bond acceptors (Lipinski definition) is 4. The number of rotatable bonds is 3. The van der Waals surface area contributed by atoms with E-state index in [0.717, 1.165) is 0 Å². The molecule has 0 spiro atoms. The molecule has 7 nitrogen and oxygen atoms in total. The Hall–Kier alpha value is -1.15. The average Bonchev–Trinajstić information content (AvgIpc) is 2.63. The molecule has 2 fully saturated rings. The zero-order valence-corrected chi connectivity index (χ0v) is 15.2. The molecule has 0 aliphatic carbocycles. The summed E-state index contributed by atoms with van der Waals surface area (Å²) in [6, 6.07) is 0. The van der Waals surface area contributed by atoms with E-state index in [4.69, 9.17) is 0 Å². The highest BCUT2D eigenvalue weighted by atomic mass is 32.2. The largest absolute Gasteiger partial charge is 0.348 e. The first-order valence-electron chi connectivity index (χ1n) is 8.12. The first-order valence-corrected chi connectivity index (χ1v) is 9.62. The number of fused-ring (bicyclic) bond motifs is 1. The van der Waals surface area contributed by atoms with E-state index in [2.05, 4.69) is 0 Å². The van der Waals surface area contributed by atoms with Crippen molar-refractivity contribution in [3.05, 3.63) is 0 Å². The molecule has 0 aromatic heterocycles. The standard InChI is InChI=1S/C15H27N3O4S/c1-11(2)15(20)17-7-5-12-9-18(10-14(19)16(3)4)23(21,22)13(12)6-8-17/h11-13H,5-10H2,1-4H3/t12-,13-/m0/s1. The first kappa shape index (κ1) is 18.2. The van der Waals surface area contributed by atoms with Gasteiger partial charge < -0.3 is 9.80 Å². The van der Waals surface area contributed by atoms with Gasteiger partial charge in [-0.1, -0.05) is 13.8 Å². The van der Waals surface area contributed by atoms with E-state index in [1.807, 2.05) is 13.8 Å². The van der Waals surface area contributed by atoms with Crippen molar-refractivity contribution in [1.29, 1.82) is 0 Å². The van der Waals surface area contributed by atoms with Gasteiger partial charge in [0.2, 0.25) is 21.8 Å². The number of sulfonamides is 1. The van der Waals surface area contributed by atoms with Crippen molar-refractivity contribution in [2.75, 3.05) is 40.3 Å². The lowest BCUT2D eigenvalue weighted by molar-refractivity contribution is -0.134. The Morgan fingerprint density at radius 1 is 1.17 bits per heavy atom. The minimum atomic E-state index is -3.46. The van der Waals surface area contributed by atoms with Crippen LogP contribution < -0.4 is 0 Å². The minimum absolute atomic E-state index is 0.0000699. The van der Waals surface area contributed by atoms with Gasteiger partial charge in [-0.05, 0) is 18.8 Å². The molecule has 0 unspecified atom stereocenters. The zero-order chi connectivity index (χ0) is 17.4. The second-order valence-corrected chi connectivity index (χ2v) is 9.13. The maximum absolute atomic E-state index is 12.7. The Morgan fingerprint density at radius 2 is 1.78 bits per heavy atom. The summed E-state index contributed by atoms with van der Waals surface area (Å²) in [6.45, 7) is 5.10. The molecule has 2 amide bonds. The lowest BCUT2D eigenvalue weighted by Gasteiger charge is -2.24. The van der Waals surface area contributed by atoms with Crippen LogP contribution in [0.5, 0.6) is 0 Å². The van der Waals surface area contributed by atoms with Crippen LogP contribution >= 0.6 is 0 Å². The maximum Gasteiger partial charge on any atom is 0.237 e. The highest BCUT2D eigenvalue weighted by molar-refractivity contribution is 7.90. The van der Waals surface area contributed by atoms with Crippen molar-refractivity contribution in [2.24, 2.45) is 11.8 Å². The van der Waals surface area contributed by atoms with Crippen LogP contribution in [0.25, 0.3) is 0 Å². The molecule has 2 atom stereocenters. The third kappa shape index (κ3) is 3.68. The molecule has 0 radical (unpaired) electrons. The molecule has 0 aromatic rings. The number of amides is 2. The van der Waals surface area contributed by atoms with Crippen molar-refractivity contribution in [1.82, 2.24) is 14.1 Å². The summed E-state index contributed by atoms with van der Waals surface area (Å²) in [7, 11) is -0.214. The molecule has 132 valence electrons. The number of hydrogen-bond donors (Lipinski definition) is 0. The molecule has 8 heteroatoms. The Balaban J connectivity index is 2.08. The van der Waals surface area contributed by atoms with Crippen molar-refractivity contribution in [3.8, 4) is 0 Å². The summed E-state index contributed by atoms with van der Waals surface area (Å²) in [5.74, 6) is -0.192. The lowest BCUT2D eigenvalue weighted by atomic mass is 10.0. The van der Waals surface area contributed by atoms with Crippen molar-refractivity contribution < 1.29 is 18.0 Å². The van der Waals surface area contributed by atoms with Crippen LogP contribution in [0.2, 0.25) is 0 Å². The second kappa shape index (κ2) is 6.76. The minimum Gasteiger partial charge on any atom is -0.348 e.